The Bertz CT molecular complexity index is 964. The molecule has 1 aliphatic rings. The third kappa shape index (κ3) is 6.89. The molecule has 9 nitrogen and oxygen atoms in total. The predicted molar refractivity (Wildman–Crippen MR) is 126 cm³/mol. The van der Waals surface area contributed by atoms with Crippen LogP contribution in [0.4, 0.5) is 17.2 Å². The predicted octanol–water partition coefficient (Wildman–Crippen LogP) is 4.72. The van der Waals surface area contributed by atoms with E-state index < -0.39 is 4.92 Å². The van der Waals surface area contributed by atoms with Crippen LogP contribution in [0.15, 0.2) is 36.5 Å². The normalized spacial score (nSPS) is 20.4. The summed E-state index contributed by atoms with van der Waals surface area (Å²) in [5.74, 6) is 1.74. The van der Waals surface area contributed by atoms with E-state index in [9.17, 15) is 20.0 Å². The molecule has 1 fully saturated rings. The van der Waals surface area contributed by atoms with Crippen molar-refractivity contribution >= 4 is 23.1 Å². The van der Waals surface area contributed by atoms with Crippen molar-refractivity contribution in [3.63, 3.8) is 0 Å². The van der Waals surface area contributed by atoms with Crippen molar-refractivity contribution in [3.05, 3.63) is 52.2 Å². The Morgan fingerprint density at radius 2 is 2.09 bits per heavy atom. The molecular formula is C24H32N4O5. The highest BCUT2D eigenvalue weighted by Gasteiger charge is 2.31. The Morgan fingerprint density at radius 3 is 2.76 bits per heavy atom. The maximum Gasteiger partial charge on any atom is 0.270 e. The van der Waals surface area contributed by atoms with Crippen LogP contribution in [0.3, 0.4) is 0 Å². The number of pyridine rings is 1. The van der Waals surface area contributed by atoms with Gasteiger partial charge in [0.2, 0.25) is 0 Å². The van der Waals surface area contributed by atoms with Gasteiger partial charge < -0.3 is 20.5 Å². The van der Waals surface area contributed by atoms with Crippen molar-refractivity contribution in [3.8, 4) is 5.75 Å². The number of nitro benzene ring substituents is 1. The monoisotopic (exact) mass is 456 g/mol. The zero-order valence-corrected chi connectivity index (χ0v) is 19.3. The first-order valence-electron chi connectivity index (χ1n) is 11.3. The van der Waals surface area contributed by atoms with E-state index in [4.69, 9.17) is 4.74 Å². The van der Waals surface area contributed by atoms with Gasteiger partial charge in [-0.25, -0.2) is 4.98 Å². The number of carbonyl (C=O) groups is 1. The molecule has 3 N–H and O–H groups in total. The summed E-state index contributed by atoms with van der Waals surface area (Å²) < 4.78 is 5.99. The van der Waals surface area contributed by atoms with Crippen LogP contribution in [-0.4, -0.2) is 33.6 Å². The Labute approximate surface area is 193 Å². The first-order valence-corrected chi connectivity index (χ1v) is 11.3. The number of nitro groups is 1. The van der Waals surface area contributed by atoms with Gasteiger partial charge in [-0.2, -0.15) is 0 Å². The molecule has 1 aliphatic carbocycles. The first kappa shape index (κ1) is 24.4. The summed E-state index contributed by atoms with van der Waals surface area (Å²) in [6.07, 6.45) is 4.97. The highest BCUT2D eigenvalue weighted by Crippen LogP contribution is 2.35. The number of rotatable bonds is 9. The Kier molecular flexibility index (Phi) is 8.21. The van der Waals surface area contributed by atoms with Crippen molar-refractivity contribution in [1.29, 1.82) is 0 Å². The molecule has 3 atom stereocenters. The van der Waals surface area contributed by atoms with Crippen molar-refractivity contribution < 1.29 is 19.6 Å². The van der Waals surface area contributed by atoms with Gasteiger partial charge in [0.1, 0.15) is 18.2 Å². The minimum absolute atomic E-state index is 0.00560. The average Bonchev–Trinajstić information content (AvgIpc) is 2.77. The van der Waals surface area contributed by atoms with Crippen molar-refractivity contribution in [2.24, 2.45) is 17.8 Å². The fourth-order valence-electron chi connectivity index (χ4n) is 4.26. The molecule has 0 spiro atoms. The Balaban J connectivity index is 1.49. The number of aromatic hydroxyl groups is 1. The number of phenols is 1. The number of nitrogens with zero attached hydrogens (tertiary/aromatic N) is 2. The van der Waals surface area contributed by atoms with Gasteiger partial charge in [0, 0.05) is 24.2 Å². The molecule has 9 heteroatoms. The fraction of sp³-hybridized carbons (Fsp3) is 0.500. The second-order valence-corrected chi connectivity index (χ2v) is 9.08. The fourth-order valence-corrected chi connectivity index (χ4v) is 4.26. The lowest BCUT2D eigenvalue weighted by Crippen LogP contribution is -2.36. The number of phenolic OH excluding ortho intramolecular Hbond substituents is 1. The Hall–Kier alpha value is -3.20. The van der Waals surface area contributed by atoms with E-state index in [1.165, 1.54) is 24.6 Å². The van der Waals surface area contributed by atoms with Crippen molar-refractivity contribution in [2.45, 2.75) is 52.7 Å². The number of amides is 1. The Morgan fingerprint density at radius 1 is 1.30 bits per heavy atom. The topological polar surface area (TPSA) is 127 Å². The number of anilines is 2. The zero-order valence-electron chi connectivity index (χ0n) is 19.3. The third-order valence-corrected chi connectivity index (χ3v) is 6.18. The summed E-state index contributed by atoms with van der Waals surface area (Å²) in [4.78, 5) is 27.0. The number of benzene rings is 1. The minimum atomic E-state index is -0.510. The molecule has 1 aromatic heterocycles. The number of nitrogens with one attached hydrogen (secondary N) is 2. The van der Waals surface area contributed by atoms with E-state index in [0.29, 0.717) is 34.8 Å². The van der Waals surface area contributed by atoms with Crippen LogP contribution in [0.1, 0.15) is 45.6 Å². The van der Waals surface area contributed by atoms with Crippen LogP contribution in [0.25, 0.3) is 0 Å². The zero-order chi connectivity index (χ0) is 24.0. The van der Waals surface area contributed by atoms with Gasteiger partial charge in [0.25, 0.3) is 11.6 Å². The van der Waals surface area contributed by atoms with Gasteiger partial charge in [-0.05, 0) is 48.8 Å². The van der Waals surface area contributed by atoms with Crippen LogP contribution in [-0.2, 0) is 16.1 Å². The maximum absolute atomic E-state index is 12.4. The summed E-state index contributed by atoms with van der Waals surface area (Å²) in [5.41, 5.74) is 0.951. The molecule has 178 valence electrons. The van der Waals surface area contributed by atoms with Gasteiger partial charge in [0.05, 0.1) is 22.9 Å². The van der Waals surface area contributed by atoms with Crippen LogP contribution >= 0.6 is 0 Å². The number of carbonyl (C=O) groups excluding carboxylic acids is 1. The van der Waals surface area contributed by atoms with E-state index >= 15 is 0 Å². The van der Waals surface area contributed by atoms with Crippen LogP contribution in [0, 0.1) is 27.9 Å². The summed E-state index contributed by atoms with van der Waals surface area (Å²) in [5, 5.41) is 26.6. The van der Waals surface area contributed by atoms with Crippen LogP contribution < -0.4 is 10.6 Å². The van der Waals surface area contributed by atoms with Gasteiger partial charge >= 0.3 is 0 Å². The summed E-state index contributed by atoms with van der Waals surface area (Å²) in [6, 6.07) is 7.26. The second-order valence-electron chi connectivity index (χ2n) is 9.08. The van der Waals surface area contributed by atoms with E-state index in [2.05, 4.69) is 36.4 Å². The van der Waals surface area contributed by atoms with Crippen LogP contribution in [0.5, 0.6) is 5.75 Å². The first-order chi connectivity index (χ1) is 15.7. The number of ether oxygens (including phenoxy) is 1. The van der Waals surface area contributed by atoms with Gasteiger partial charge in [-0.3, -0.25) is 14.9 Å². The summed E-state index contributed by atoms with van der Waals surface area (Å²) in [6.45, 7) is 6.82. The number of non-ortho nitro benzene ring substituents is 1. The molecule has 1 amide bonds. The lowest BCUT2D eigenvalue weighted by molar-refractivity contribution is -0.384. The molecule has 2 aromatic rings. The highest BCUT2D eigenvalue weighted by molar-refractivity contribution is 5.90. The molecule has 0 radical (unpaired) electrons. The number of hydrogen-bond acceptors (Lipinski definition) is 7. The lowest BCUT2D eigenvalue weighted by atomic mass is 9.75. The third-order valence-electron chi connectivity index (χ3n) is 6.18. The second kappa shape index (κ2) is 11.1. The smallest absolute Gasteiger partial charge is 0.270 e. The van der Waals surface area contributed by atoms with Gasteiger partial charge in [0.15, 0.2) is 0 Å². The highest BCUT2D eigenvalue weighted by atomic mass is 16.6. The van der Waals surface area contributed by atoms with Crippen molar-refractivity contribution in [2.75, 3.05) is 17.2 Å². The molecule has 1 aromatic carbocycles. The molecule has 3 rings (SSSR count). The number of hydrogen-bond donors (Lipinski definition) is 3. The van der Waals surface area contributed by atoms with Crippen molar-refractivity contribution in [1.82, 2.24) is 4.98 Å². The summed E-state index contributed by atoms with van der Waals surface area (Å²) >= 11 is 0. The minimum Gasteiger partial charge on any atom is -0.508 e. The number of aromatic nitrogens is 1. The average molecular weight is 457 g/mol. The van der Waals surface area contributed by atoms with E-state index in [-0.39, 0.29) is 36.6 Å². The molecular weight excluding hydrogens is 424 g/mol. The molecule has 3 unspecified atom stereocenters. The van der Waals surface area contributed by atoms with E-state index in [0.717, 1.165) is 12.8 Å². The lowest BCUT2D eigenvalue weighted by Gasteiger charge is -2.37. The van der Waals surface area contributed by atoms with E-state index in [1.54, 1.807) is 18.3 Å². The van der Waals surface area contributed by atoms with Gasteiger partial charge in [-0.1, -0.05) is 27.2 Å². The standard InChI is InChI=1S/C24H32N4O5/c1-15(2)20-7-4-16(3)10-22(20)33-14-24(30)27-23-9-5-18(13-26-23)25-12-17-11-19(28(31)32)6-8-21(17)29/h5-6,8-9,11,13,15-16,20,22,25,29H,4,7,10,12,14H2,1-3H3,(H,26,27,30). The molecule has 0 aliphatic heterocycles. The molecule has 1 saturated carbocycles. The molecule has 0 saturated heterocycles. The largest absolute Gasteiger partial charge is 0.508 e. The van der Waals surface area contributed by atoms with E-state index in [1.807, 2.05) is 0 Å². The molecule has 33 heavy (non-hydrogen) atoms. The SMILES string of the molecule is CC1CCC(C(C)C)C(OCC(=O)Nc2ccc(NCc3cc([N+](=O)[O-])ccc3O)cn2)C1. The maximum atomic E-state index is 12.4. The quantitative estimate of drug-likeness (QED) is 0.368. The van der Waals surface area contributed by atoms with Crippen LogP contribution in [0.2, 0.25) is 0 Å². The molecule has 0 bridgehead atoms. The molecule has 1 heterocycles. The summed E-state index contributed by atoms with van der Waals surface area (Å²) in [7, 11) is 0. The van der Waals surface area contributed by atoms with Gasteiger partial charge in [-0.15, -0.1) is 0 Å².